The quantitative estimate of drug-likeness (QED) is 0.666. The predicted molar refractivity (Wildman–Crippen MR) is 104 cm³/mol. The average Bonchev–Trinajstić information content (AvgIpc) is 2.93. The van der Waals surface area contributed by atoms with E-state index in [1.54, 1.807) is 0 Å². The third-order valence-corrected chi connectivity index (χ3v) is 5.36. The molecule has 2 aromatic rings. The summed E-state index contributed by atoms with van der Waals surface area (Å²) in [5.41, 5.74) is 4.74. The van der Waals surface area contributed by atoms with Crippen molar-refractivity contribution in [3.8, 4) is 5.75 Å². The van der Waals surface area contributed by atoms with Crippen molar-refractivity contribution < 1.29 is 9.84 Å². The summed E-state index contributed by atoms with van der Waals surface area (Å²) in [4.78, 5) is 0. The lowest BCUT2D eigenvalue weighted by molar-refractivity contribution is -0.0152. The fraction of sp³-hybridized carbons (Fsp3) is 0.571. The van der Waals surface area contributed by atoms with Crippen LogP contribution in [0.3, 0.4) is 0 Å². The minimum Gasteiger partial charge on any atom is -0.488 e. The molecule has 0 bridgehead atoms. The van der Waals surface area contributed by atoms with Crippen LogP contribution in [0.1, 0.15) is 48.2 Å². The SMILES string of the molecule is Cc1cccc(O[C@@H]2CCC[C@H](NCCCc3c(C)n[nH]c3C)[C@H]2O)c1. The Morgan fingerprint density at radius 3 is 2.85 bits per heavy atom. The van der Waals surface area contributed by atoms with Gasteiger partial charge in [0, 0.05) is 11.7 Å². The summed E-state index contributed by atoms with van der Waals surface area (Å²) in [6.07, 6.45) is 4.41. The van der Waals surface area contributed by atoms with Crippen molar-refractivity contribution in [3.05, 3.63) is 46.8 Å². The van der Waals surface area contributed by atoms with Crippen molar-refractivity contribution in [2.24, 2.45) is 0 Å². The average molecular weight is 357 g/mol. The van der Waals surface area contributed by atoms with E-state index < -0.39 is 6.10 Å². The van der Waals surface area contributed by atoms with Gasteiger partial charge >= 0.3 is 0 Å². The van der Waals surface area contributed by atoms with Crippen LogP contribution >= 0.6 is 0 Å². The second-order valence-corrected chi connectivity index (χ2v) is 7.47. The van der Waals surface area contributed by atoms with E-state index in [4.69, 9.17) is 4.74 Å². The first-order valence-electron chi connectivity index (χ1n) is 9.70. The maximum atomic E-state index is 10.7. The molecule has 1 aromatic heterocycles. The predicted octanol–water partition coefficient (Wildman–Crippen LogP) is 3.22. The Morgan fingerprint density at radius 1 is 1.27 bits per heavy atom. The molecule has 1 fully saturated rings. The lowest BCUT2D eigenvalue weighted by atomic mass is 9.89. The monoisotopic (exact) mass is 357 g/mol. The van der Waals surface area contributed by atoms with Gasteiger partial charge in [-0.1, -0.05) is 12.1 Å². The molecular weight excluding hydrogens is 326 g/mol. The first-order valence-corrected chi connectivity index (χ1v) is 9.70. The normalized spacial score (nSPS) is 23.2. The molecule has 0 radical (unpaired) electrons. The van der Waals surface area contributed by atoms with Crippen molar-refractivity contribution in [2.45, 2.75) is 71.1 Å². The van der Waals surface area contributed by atoms with Crippen molar-refractivity contribution >= 4 is 0 Å². The van der Waals surface area contributed by atoms with E-state index in [1.807, 2.05) is 25.1 Å². The smallest absolute Gasteiger partial charge is 0.126 e. The second-order valence-electron chi connectivity index (χ2n) is 7.47. The zero-order valence-corrected chi connectivity index (χ0v) is 16.1. The van der Waals surface area contributed by atoms with Gasteiger partial charge in [-0.2, -0.15) is 5.10 Å². The summed E-state index contributed by atoms with van der Waals surface area (Å²) in [5.74, 6) is 0.848. The van der Waals surface area contributed by atoms with Gasteiger partial charge in [-0.15, -0.1) is 0 Å². The summed E-state index contributed by atoms with van der Waals surface area (Å²) in [6.45, 7) is 7.06. The standard InChI is InChI=1S/C21H31N3O2/c1-14-7-4-8-17(13-14)26-20-11-5-10-19(21(20)25)22-12-6-9-18-15(2)23-24-16(18)3/h4,7-8,13,19-22,25H,5-6,9-12H2,1-3H3,(H,23,24)/t19-,20+,21+/m0/s1. The molecule has 1 aliphatic rings. The Morgan fingerprint density at radius 2 is 2.12 bits per heavy atom. The number of nitrogens with one attached hydrogen (secondary N) is 2. The molecule has 5 nitrogen and oxygen atoms in total. The molecule has 0 saturated heterocycles. The number of aliphatic hydroxyl groups is 1. The fourth-order valence-corrected chi connectivity index (χ4v) is 3.85. The third kappa shape index (κ3) is 4.65. The number of aryl methyl sites for hydroxylation is 3. The first-order chi connectivity index (χ1) is 12.5. The second kappa shape index (κ2) is 8.69. The Hall–Kier alpha value is -1.85. The van der Waals surface area contributed by atoms with Crippen molar-refractivity contribution in [1.82, 2.24) is 15.5 Å². The van der Waals surface area contributed by atoms with Crippen LogP contribution in [0.25, 0.3) is 0 Å². The number of ether oxygens (including phenoxy) is 1. The van der Waals surface area contributed by atoms with Crippen LogP contribution in [-0.4, -0.2) is 40.1 Å². The summed E-state index contributed by atoms with van der Waals surface area (Å²) in [7, 11) is 0. The topological polar surface area (TPSA) is 70.2 Å². The Kier molecular flexibility index (Phi) is 6.33. The molecule has 5 heteroatoms. The van der Waals surface area contributed by atoms with Gasteiger partial charge in [0.15, 0.2) is 0 Å². The molecule has 3 N–H and O–H groups in total. The van der Waals surface area contributed by atoms with Gasteiger partial charge in [0.05, 0.1) is 5.69 Å². The van der Waals surface area contributed by atoms with E-state index in [2.05, 4.69) is 35.4 Å². The summed E-state index contributed by atoms with van der Waals surface area (Å²) in [5, 5.41) is 21.6. The maximum absolute atomic E-state index is 10.7. The summed E-state index contributed by atoms with van der Waals surface area (Å²) >= 11 is 0. The van der Waals surface area contributed by atoms with Gasteiger partial charge in [0.2, 0.25) is 0 Å². The van der Waals surface area contributed by atoms with E-state index in [0.29, 0.717) is 0 Å². The van der Waals surface area contributed by atoms with Crippen LogP contribution in [0.2, 0.25) is 0 Å². The highest BCUT2D eigenvalue weighted by molar-refractivity contribution is 5.28. The van der Waals surface area contributed by atoms with Crippen LogP contribution in [-0.2, 0) is 6.42 Å². The zero-order valence-electron chi connectivity index (χ0n) is 16.1. The van der Waals surface area contributed by atoms with E-state index in [-0.39, 0.29) is 12.1 Å². The molecule has 1 aliphatic carbocycles. The van der Waals surface area contributed by atoms with Crippen molar-refractivity contribution in [1.29, 1.82) is 0 Å². The molecule has 142 valence electrons. The molecule has 1 heterocycles. The molecule has 3 atom stereocenters. The number of aromatic nitrogens is 2. The highest BCUT2D eigenvalue weighted by Crippen LogP contribution is 2.25. The van der Waals surface area contributed by atoms with E-state index in [1.165, 1.54) is 11.1 Å². The molecule has 3 rings (SSSR count). The number of aromatic amines is 1. The number of hydrogen-bond acceptors (Lipinski definition) is 4. The molecule has 0 aliphatic heterocycles. The maximum Gasteiger partial charge on any atom is 0.126 e. The summed E-state index contributed by atoms with van der Waals surface area (Å²) in [6, 6.07) is 8.14. The van der Waals surface area contributed by atoms with Gasteiger partial charge in [0.25, 0.3) is 0 Å². The van der Waals surface area contributed by atoms with Crippen LogP contribution in [0, 0.1) is 20.8 Å². The van der Waals surface area contributed by atoms with Crippen LogP contribution in [0.5, 0.6) is 5.75 Å². The Balaban J connectivity index is 1.47. The lowest BCUT2D eigenvalue weighted by Crippen LogP contribution is -2.51. The van der Waals surface area contributed by atoms with Gasteiger partial charge in [-0.3, -0.25) is 5.10 Å². The minimum absolute atomic E-state index is 0.102. The zero-order chi connectivity index (χ0) is 18.5. The van der Waals surface area contributed by atoms with Crippen LogP contribution in [0.4, 0.5) is 0 Å². The number of H-pyrrole nitrogens is 1. The molecular formula is C21H31N3O2. The Bertz CT molecular complexity index is 694. The first kappa shape index (κ1) is 18.9. The largest absolute Gasteiger partial charge is 0.488 e. The number of rotatable bonds is 7. The van der Waals surface area contributed by atoms with E-state index >= 15 is 0 Å². The Labute approximate surface area is 156 Å². The lowest BCUT2D eigenvalue weighted by Gasteiger charge is -2.35. The van der Waals surface area contributed by atoms with Gasteiger partial charge in [-0.25, -0.2) is 0 Å². The highest BCUT2D eigenvalue weighted by atomic mass is 16.5. The van der Waals surface area contributed by atoms with E-state index in [9.17, 15) is 5.11 Å². The highest BCUT2D eigenvalue weighted by Gasteiger charge is 2.32. The molecule has 1 saturated carbocycles. The van der Waals surface area contributed by atoms with Crippen molar-refractivity contribution in [2.75, 3.05) is 6.54 Å². The van der Waals surface area contributed by atoms with Crippen LogP contribution < -0.4 is 10.1 Å². The third-order valence-electron chi connectivity index (χ3n) is 5.36. The molecule has 0 unspecified atom stereocenters. The van der Waals surface area contributed by atoms with Gasteiger partial charge in [-0.05, 0) is 82.7 Å². The number of hydrogen-bond donors (Lipinski definition) is 3. The number of nitrogens with zero attached hydrogens (tertiary/aromatic N) is 1. The molecule has 26 heavy (non-hydrogen) atoms. The van der Waals surface area contributed by atoms with Gasteiger partial charge in [0.1, 0.15) is 18.0 Å². The molecule has 0 amide bonds. The van der Waals surface area contributed by atoms with Crippen LogP contribution in [0.15, 0.2) is 24.3 Å². The minimum atomic E-state index is -0.471. The van der Waals surface area contributed by atoms with E-state index in [0.717, 1.165) is 55.8 Å². The summed E-state index contributed by atoms with van der Waals surface area (Å²) < 4.78 is 6.07. The van der Waals surface area contributed by atoms with Crippen molar-refractivity contribution in [3.63, 3.8) is 0 Å². The number of aliphatic hydroxyl groups excluding tert-OH is 1. The number of benzene rings is 1. The fourth-order valence-electron chi connectivity index (χ4n) is 3.85. The van der Waals surface area contributed by atoms with Gasteiger partial charge < -0.3 is 15.2 Å². The molecule has 0 spiro atoms. The molecule has 1 aromatic carbocycles.